The highest BCUT2D eigenvalue weighted by Gasteiger charge is 2.29. The van der Waals surface area contributed by atoms with E-state index in [1.54, 1.807) is 19.2 Å². The minimum Gasteiger partial charge on any atom is -0.496 e. The molecule has 0 aromatic heterocycles. The van der Waals surface area contributed by atoms with Crippen LogP contribution in [0.4, 0.5) is 0 Å². The third-order valence-electron chi connectivity index (χ3n) is 3.07. The Balaban J connectivity index is 0.00000162. The van der Waals surface area contributed by atoms with Crippen molar-refractivity contribution in [3.8, 4) is 5.75 Å². The maximum atomic E-state index is 12.2. The number of nitrogens with one attached hydrogen (secondary N) is 1. The molecule has 1 aromatic carbocycles. The second kappa shape index (κ2) is 6.41. The highest BCUT2D eigenvalue weighted by molar-refractivity contribution is 7.91. The lowest BCUT2D eigenvalue weighted by atomic mass is 10.2. The Morgan fingerprint density at radius 1 is 1.39 bits per heavy atom. The number of benzene rings is 1. The van der Waals surface area contributed by atoms with E-state index in [9.17, 15) is 8.42 Å². The van der Waals surface area contributed by atoms with Gasteiger partial charge in [0.2, 0.25) is 0 Å². The van der Waals surface area contributed by atoms with Gasteiger partial charge in [0.15, 0.2) is 9.84 Å². The van der Waals surface area contributed by atoms with Crippen LogP contribution < -0.4 is 10.1 Å². The van der Waals surface area contributed by atoms with Crippen LogP contribution >= 0.6 is 12.4 Å². The highest BCUT2D eigenvalue weighted by Crippen LogP contribution is 2.23. The molecule has 1 aliphatic heterocycles. The number of hydrogen-bond acceptors (Lipinski definition) is 4. The zero-order valence-electron chi connectivity index (χ0n) is 10.3. The molecule has 0 aliphatic carbocycles. The number of methoxy groups -OCH3 is 1. The van der Waals surface area contributed by atoms with E-state index in [2.05, 4.69) is 5.32 Å². The van der Waals surface area contributed by atoms with Gasteiger partial charge in [0.05, 0.1) is 18.1 Å². The van der Waals surface area contributed by atoms with E-state index in [1.807, 2.05) is 12.1 Å². The summed E-state index contributed by atoms with van der Waals surface area (Å²) >= 11 is 0. The number of rotatable bonds is 4. The van der Waals surface area contributed by atoms with Gasteiger partial charge in [0, 0.05) is 12.1 Å². The van der Waals surface area contributed by atoms with Crippen molar-refractivity contribution >= 4 is 22.2 Å². The minimum absolute atomic E-state index is 0. The van der Waals surface area contributed by atoms with Gasteiger partial charge in [0.25, 0.3) is 0 Å². The Hall–Kier alpha value is -0.780. The molecule has 1 heterocycles. The van der Waals surface area contributed by atoms with Gasteiger partial charge in [0.1, 0.15) is 5.75 Å². The first-order chi connectivity index (χ1) is 8.13. The van der Waals surface area contributed by atoms with Crippen LogP contribution in [0, 0.1) is 0 Å². The summed E-state index contributed by atoms with van der Waals surface area (Å²) in [6.45, 7) is 1.35. The zero-order valence-corrected chi connectivity index (χ0v) is 11.9. The number of ether oxygens (including phenoxy) is 1. The molecule has 2 rings (SSSR count). The van der Waals surface area contributed by atoms with Crippen LogP contribution in [0.3, 0.4) is 0 Å². The third-order valence-corrected chi connectivity index (χ3v) is 5.20. The van der Waals surface area contributed by atoms with Crippen LogP contribution in [0.1, 0.15) is 12.0 Å². The lowest BCUT2D eigenvalue weighted by molar-refractivity contribution is 0.411. The van der Waals surface area contributed by atoms with Gasteiger partial charge in [-0.1, -0.05) is 18.2 Å². The molecule has 1 atom stereocenters. The second-order valence-corrected chi connectivity index (χ2v) is 6.51. The zero-order chi connectivity index (χ0) is 12.3. The first kappa shape index (κ1) is 15.3. The molecule has 0 amide bonds. The molecular weight excluding hydrogens is 274 g/mol. The van der Waals surface area contributed by atoms with Crippen LogP contribution in [0.15, 0.2) is 24.3 Å². The van der Waals surface area contributed by atoms with Crippen molar-refractivity contribution in [3.63, 3.8) is 0 Å². The number of hydrogen-bond donors (Lipinski definition) is 1. The average molecular weight is 292 g/mol. The van der Waals surface area contributed by atoms with Gasteiger partial charge in [-0.3, -0.25) is 0 Å². The number of sulfone groups is 1. The molecule has 0 bridgehead atoms. The summed E-state index contributed by atoms with van der Waals surface area (Å²) in [5.41, 5.74) is 0.738. The van der Waals surface area contributed by atoms with Crippen LogP contribution in [-0.2, 0) is 15.6 Å². The number of halogens is 1. The fraction of sp³-hybridized carbons (Fsp3) is 0.500. The van der Waals surface area contributed by atoms with E-state index in [1.165, 1.54) is 0 Å². The molecule has 0 saturated carbocycles. The monoisotopic (exact) mass is 291 g/mol. The summed E-state index contributed by atoms with van der Waals surface area (Å²) in [5, 5.41) is 2.83. The van der Waals surface area contributed by atoms with Crippen molar-refractivity contribution in [1.82, 2.24) is 5.32 Å². The summed E-state index contributed by atoms with van der Waals surface area (Å²) in [4.78, 5) is 0. The molecule has 4 nitrogen and oxygen atoms in total. The van der Waals surface area contributed by atoms with Crippen molar-refractivity contribution < 1.29 is 13.2 Å². The SMILES string of the molecule is COc1ccccc1CS(=O)(=O)C1CCNC1.Cl. The van der Waals surface area contributed by atoms with E-state index in [0.717, 1.165) is 12.1 Å². The summed E-state index contributed by atoms with van der Waals surface area (Å²) in [6.07, 6.45) is 0.706. The quantitative estimate of drug-likeness (QED) is 0.911. The first-order valence-electron chi connectivity index (χ1n) is 5.67. The standard InChI is InChI=1S/C12H17NO3S.ClH/c1-16-12-5-3-2-4-10(12)9-17(14,15)11-6-7-13-8-11;/h2-5,11,13H,6-9H2,1H3;1H. The molecule has 18 heavy (non-hydrogen) atoms. The molecule has 1 aromatic rings. The van der Waals surface area contributed by atoms with Crippen molar-refractivity contribution in [1.29, 1.82) is 0 Å². The Kier molecular flexibility index (Phi) is 5.44. The summed E-state index contributed by atoms with van der Waals surface area (Å²) in [6, 6.07) is 7.27. The largest absolute Gasteiger partial charge is 0.496 e. The Morgan fingerprint density at radius 3 is 2.72 bits per heavy atom. The summed E-state index contributed by atoms with van der Waals surface area (Å²) < 4.78 is 29.5. The van der Waals surface area contributed by atoms with Crippen LogP contribution in [0.2, 0.25) is 0 Å². The van der Waals surface area contributed by atoms with Crippen LogP contribution in [0.5, 0.6) is 5.75 Å². The van der Waals surface area contributed by atoms with E-state index >= 15 is 0 Å². The van der Waals surface area contributed by atoms with Crippen LogP contribution in [-0.4, -0.2) is 33.9 Å². The van der Waals surface area contributed by atoms with Gasteiger partial charge in [-0.05, 0) is 19.0 Å². The van der Waals surface area contributed by atoms with Gasteiger partial charge in [-0.25, -0.2) is 8.42 Å². The molecule has 0 radical (unpaired) electrons. The van der Waals surface area contributed by atoms with Gasteiger partial charge in [-0.15, -0.1) is 12.4 Å². The fourth-order valence-corrected chi connectivity index (χ4v) is 3.85. The highest BCUT2D eigenvalue weighted by atomic mass is 35.5. The molecule has 6 heteroatoms. The molecule has 0 spiro atoms. The molecule has 1 aliphatic rings. The lowest BCUT2D eigenvalue weighted by Crippen LogP contribution is -2.25. The topological polar surface area (TPSA) is 55.4 Å². The minimum atomic E-state index is -3.09. The van der Waals surface area contributed by atoms with Gasteiger partial charge < -0.3 is 10.1 Å². The predicted octanol–water partition coefficient (Wildman–Crippen LogP) is 1.39. The van der Waals surface area contributed by atoms with E-state index in [0.29, 0.717) is 18.7 Å². The van der Waals surface area contributed by atoms with Crippen molar-refractivity contribution in [2.75, 3.05) is 20.2 Å². The van der Waals surface area contributed by atoms with Gasteiger partial charge >= 0.3 is 0 Å². The normalized spacial score (nSPS) is 19.3. The molecule has 1 fully saturated rings. The molecule has 1 unspecified atom stereocenters. The van der Waals surface area contributed by atoms with Crippen molar-refractivity contribution in [2.45, 2.75) is 17.4 Å². The maximum Gasteiger partial charge on any atom is 0.158 e. The fourth-order valence-electron chi connectivity index (χ4n) is 2.09. The first-order valence-corrected chi connectivity index (χ1v) is 7.39. The molecule has 102 valence electrons. The smallest absolute Gasteiger partial charge is 0.158 e. The summed E-state index contributed by atoms with van der Waals surface area (Å²) in [5.74, 6) is 0.700. The molecule has 1 N–H and O–H groups in total. The summed E-state index contributed by atoms with van der Waals surface area (Å²) in [7, 11) is -1.53. The van der Waals surface area contributed by atoms with E-state index in [4.69, 9.17) is 4.74 Å². The average Bonchev–Trinajstić information content (AvgIpc) is 2.83. The van der Waals surface area contributed by atoms with Crippen molar-refractivity contribution in [2.24, 2.45) is 0 Å². The number of para-hydroxylation sites is 1. The second-order valence-electron chi connectivity index (χ2n) is 4.23. The van der Waals surface area contributed by atoms with Gasteiger partial charge in [-0.2, -0.15) is 0 Å². The Bertz CT molecular complexity index is 484. The molecular formula is C12H18ClNO3S. The lowest BCUT2D eigenvalue weighted by Gasteiger charge is -2.12. The van der Waals surface area contributed by atoms with E-state index < -0.39 is 9.84 Å². The predicted molar refractivity (Wildman–Crippen MR) is 74.1 cm³/mol. The Morgan fingerprint density at radius 2 is 2.11 bits per heavy atom. The van der Waals surface area contributed by atoms with Crippen LogP contribution in [0.25, 0.3) is 0 Å². The van der Waals surface area contributed by atoms with Crippen molar-refractivity contribution in [3.05, 3.63) is 29.8 Å². The maximum absolute atomic E-state index is 12.2. The third kappa shape index (κ3) is 3.37. The molecule has 1 saturated heterocycles. The Labute approximate surface area is 114 Å². The van der Waals surface area contributed by atoms with E-state index in [-0.39, 0.29) is 23.4 Å².